The number of aliphatic carboxylic acids is 1. The lowest BCUT2D eigenvalue weighted by Crippen LogP contribution is -2.12. The van der Waals surface area contributed by atoms with Crippen molar-refractivity contribution >= 4 is 17.0 Å². The van der Waals surface area contributed by atoms with Crippen LogP contribution in [0.2, 0.25) is 0 Å². The minimum absolute atomic E-state index is 0.360. The first kappa shape index (κ1) is 10.7. The minimum Gasteiger partial charge on any atom is -0.481 e. The van der Waals surface area contributed by atoms with Gasteiger partial charge in [-0.05, 0) is 24.1 Å². The smallest absolute Gasteiger partial charge is 0.306 e. The van der Waals surface area contributed by atoms with E-state index in [4.69, 9.17) is 5.11 Å². The average Bonchev–Trinajstić information content (AvgIpc) is 2.60. The quantitative estimate of drug-likeness (QED) is 0.855. The van der Waals surface area contributed by atoms with Crippen LogP contribution in [-0.2, 0) is 18.3 Å². The number of imidazole rings is 1. The lowest BCUT2D eigenvalue weighted by molar-refractivity contribution is -0.141. The molecule has 0 radical (unpaired) electrons. The number of fused-ring (bicyclic) bond motifs is 1. The molecule has 0 aliphatic heterocycles. The zero-order valence-electron chi connectivity index (χ0n) is 9.34. The summed E-state index contributed by atoms with van der Waals surface area (Å²) in [5.74, 6) is -1.12. The van der Waals surface area contributed by atoms with Gasteiger partial charge in [0.25, 0.3) is 0 Å². The van der Waals surface area contributed by atoms with E-state index in [0.29, 0.717) is 6.42 Å². The Morgan fingerprint density at radius 2 is 2.31 bits per heavy atom. The molecule has 0 aliphatic rings. The van der Waals surface area contributed by atoms with Crippen LogP contribution in [0, 0.1) is 5.92 Å². The van der Waals surface area contributed by atoms with Gasteiger partial charge in [-0.25, -0.2) is 4.98 Å². The summed E-state index contributed by atoms with van der Waals surface area (Å²) in [6.07, 6.45) is 2.30. The summed E-state index contributed by atoms with van der Waals surface area (Å²) in [6.45, 7) is 1.71. The van der Waals surface area contributed by atoms with Gasteiger partial charge in [-0.15, -0.1) is 0 Å². The van der Waals surface area contributed by atoms with Gasteiger partial charge in [0.2, 0.25) is 0 Å². The normalized spacial score (nSPS) is 12.9. The molecule has 2 rings (SSSR count). The molecule has 1 atom stereocenters. The fourth-order valence-electron chi connectivity index (χ4n) is 1.75. The highest BCUT2D eigenvalue weighted by molar-refractivity contribution is 5.76. The second kappa shape index (κ2) is 3.96. The maximum absolute atomic E-state index is 10.8. The van der Waals surface area contributed by atoms with Gasteiger partial charge in [0.1, 0.15) is 0 Å². The van der Waals surface area contributed by atoms with Crippen LogP contribution < -0.4 is 0 Å². The van der Waals surface area contributed by atoms with Gasteiger partial charge < -0.3 is 9.67 Å². The third-order valence-corrected chi connectivity index (χ3v) is 2.75. The first-order chi connectivity index (χ1) is 7.58. The Morgan fingerprint density at radius 1 is 1.56 bits per heavy atom. The van der Waals surface area contributed by atoms with Gasteiger partial charge in [-0.2, -0.15) is 0 Å². The Balaban J connectivity index is 2.29. The zero-order chi connectivity index (χ0) is 11.7. The standard InChI is InChI=1S/C12H14N2O2/c1-8(12(15)16)5-9-3-4-11-10(6-9)13-7-14(11)2/h3-4,6-8H,5H2,1-2H3,(H,15,16). The topological polar surface area (TPSA) is 55.1 Å². The molecule has 1 heterocycles. The van der Waals surface area contributed by atoms with E-state index in [-0.39, 0.29) is 5.92 Å². The second-order valence-corrected chi connectivity index (χ2v) is 4.12. The molecule has 1 aromatic carbocycles. The third kappa shape index (κ3) is 1.91. The summed E-state index contributed by atoms with van der Waals surface area (Å²) >= 11 is 0. The molecular formula is C12H14N2O2. The average molecular weight is 218 g/mol. The fourth-order valence-corrected chi connectivity index (χ4v) is 1.75. The molecule has 0 saturated carbocycles. The molecule has 4 heteroatoms. The van der Waals surface area contributed by atoms with Crippen LogP contribution in [-0.4, -0.2) is 20.6 Å². The first-order valence-electron chi connectivity index (χ1n) is 5.20. The maximum atomic E-state index is 10.8. The van der Waals surface area contributed by atoms with Crippen LogP contribution >= 0.6 is 0 Å². The molecule has 4 nitrogen and oxygen atoms in total. The van der Waals surface area contributed by atoms with E-state index in [0.717, 1.165) is 16.6 Å². The molecule has 0 amide bonds. The second-order valence-electron chi connectivity index (χ2n) is 4.12. The lowest BCUT2D eigenvalue weighted by Gasteiger charge is -2.06. The lowest BCUT2D eigenvalue weighted by atomic mass is 10.0. The van der Waals surface area contributed by atoms with E-state index < -0.39 is 5.97 Å². The maximum Gasteiger partial charge on any atom is 0.306 e. The van der Waals surface area contributed by atoms with Crippen molar-refractivity contribution in [1.29, 1.82) is 0 Å². The number of aryl methyl sites for hydroxylation is 1. The molecule has 1 aromatic heterocycles. The summed E-state index contributed by atoms with van der Waals surface area (Å²) in [5, 5.41) is 8.84. The molecule has 16 heavy (non-hydrogen) atoms. The fraction of sp³-hybridized carbons (Fsp3) is 0.333. The highest BCUT2D eigenvalue weighted by Crippen LogP contribution is 2.16. The molecule has 2 aromatic rings. The van der Waals surface area contributed by atoms with E-state index in [1.54, 1.807) is 13.3 Å². The molecule has 84 valence electrons. The van der Waals surface area contributed by atoms with Crippen LogP contribution in [0.15, 0.2) is 24.5 Å². The predicted octanol–water partition coefficient (Wildman–Crippen LogP) is 1.84. The van der Waals surface area contributed by atoms with E-state index in [1.807, 2.05) is 29.8 Å². The van der Waals surface area contributed by atoms with Crippen molar-refractivity contribution in [3.8, 4) is 0 Å². The Kier molecular flexibility index (Phi) is 2.64. The summed E-state index contributed by atoms with van der Waals surface area (Å²) in [6, 6.07) is 5.89. The van der Waals surface area contributed by atoms with Gasteiger partial charge in [0, 0.05) is 7.05 Å². The van der Waals surface area contributed by atoms with Crippen LogP contribution in [0.5, 0.6) is 0 Å². The van der Waals surface area contributed by atoms with Gasteiger partial charge in [-0.1, -0.05) is 13.0 Å². The van der Waals surface area contributed by atoms with Crippen molar-refractivity contribution in [2.24, 2.45) is 13.0 Å². The third-order valence-electron chi connectivity index (χ3n) is 2.75. The Hall–Kier alpha value is -1.84. The largest absolute Gasteiger partial charge is 0.481 e. The van der Waals surface area contributed by atoms with Gasteiger partial charge in [-0.3, -0.25) is 4.79 Å². The summed E-state index contributed by atoms with van der Waals surface area (Å²) in [5.41, 5.74) is 2.99. The van der Waals surface area contributed by atoms with Gasteiger partial charge in [0.05, 0.1) is 23.3 Å². The van der Waals surface area contributed by atoms with Crippen LogP contribution in [0.25, 0.3) is 11.0 Å². The SMILES string of the molecule is CC(Cc1ccc2c(c1)ncn2C)C(=O)O. The van der Waals surface area contributed by atoms with Crippen molar-refractivity contribution in [1.82, 2.24) is 9.55 Å². The van der Waals surface area contributed by atoms with Gasteiger partial charge in [0.15, 0.2) is 0 Å². The number of hydrogen-bond donors (Lipinski definition) is 1. The highest BCUT2D eigenvalue weighted by atomic mass is 16.4. The summed E-state index contributed by atoms with van der Waals surface area (Å²) in [4.78, 5) is 15.0. The van der Waals surface area contributed by atoms with Gasteiger partial charge >= 0.3 is 5.97 Å². The zero-order valence-corrected chi connectivity index (χ0v) is 9.34. The van der Waals surface area contributed by atoms with E-state index >= 15 is 0 Å². The number of carboxylic acids is 1. The number of hydrogen-bond acceptors (Lipinski definition) is 2. The van der Waals surface area contributed by atoms with Crippen LogP contribution in [0.1, 0.15) is 12.5 Å². The monoisotopic (exact) mass is 218 g/mol. The van der Waals surface area contributed by atoms with Crippen molar-refractivity contribution in [3.05, 3.63) is 30.1 Å². The molecule has 0 bridgehead atoms. The number of rotatable bonds is 3. The van der Waals surface area contributed by atoms with Crippen LogP contribution in [0.3, 0.4) is 0 Å². The molecule has 0 aliphatic carbocycles. The first-order valence-corrected chi connectivity index (χ1v) is 5.20. The van der Waals surface area contributed by atoms with Crippen LogP contribution in [0.4, 0.5) is 0 Å². The number of carboxylic acid groups (broad SMARTS) is 1. The summed E-state index contributed by atoms with van der Waals surface area (Å²) < 4.78 is 1.94. The molecule has 0 saturated heterocycles. The molecule has 0 fully saturated rings. The Bertz CT molecular complexity index is 531. The number of benzene rings is 1. The minimum atomic E-state index is -0.763. The summed E-state index contributed by atoms with van der Waals surface area (Å²) in [7, 11) is 1.94. The Morgan fingerprint density at radius 3 is 3.00 bits per heavy atom. The van der Waals surface area contributed by atoms with Crippen molar-refractivity contribution in [2.45, 2.75) is 13.3 Å². The van der Waals surface area contributed by atoms with E-state index in [1.165, 1.54) is 0 Å². The van der Waals surface area contributed by atoms with E-state index in [2.05, 4.69) is 4.98 Å². The van der Waals surface area contributed by atoms with Crippen molar-refractivity contribution < 1.29 is 9.90 Å². The molecule has 1 unspecified atom stereocenters. The van der Waals surface area contributed by atoms with E-state index in [9.17, 15) is 4.79 Å². The number of aromatic nitrogens is 2. The number of nitrogens with zero attached hydrogens (tertiary/aromatic N) is 2. The Labute approximate surface area is 93.5 Å². The number of carbonyl (C=O) groups is 1. The molecule has 1 N–H and O–H groups in total. The molecule has 0 spiro atoms. The van der Waals surface area contributed by atoms with Crippen molar-refractivity contribution in [2.75, 3.05) is 0 Å². The van der Waals surface area contributed by atoms with Crippen molar-refractivity contribution in [3.63, 3.8) is 0 Å². The molecular weight excluding hydrogens is 204 g/mol. The predicted molar refractivity (Wildman–Crippen MR) is 61.2 cm³/mol. The highest BCUT2D eigenvalue weighted by Gasteiger charge is 2.12.